The fourth-order valence-corrected chi connectivity index (χ4v) is 3.81. The highest BCUT2D eigenvalue weighted by Gasteiger charge is 2.20. The molecule has 1 aromatic carbocycles. The molecule has 0 radical (unpaired) electrons. The van der Waals surface area contributed by atoms with Crippen molar-refractivity contribution >= 4 is 50.7 Å². The van der Waals surface area contributed by atoms with Gasteiger partial charge >= 0.3 is 0 Å². The zero-order valence-corrected chi connectivity index (χ0v) is 15.1. The van der Waals surface area contributed by atoms with Crippen LogP contribution >= 0.6 is 23.1 Å². The van der Waals surface area contributed by atoms with Crippen LogP contribution in [-0.4, -0.2) is 35.7 Å². The molecule has 1 amide bonds. The summed E-state index contributed by atoms with van der Waals surface area (Å²) in [7, 11) is 0. The summed E-state index contributed by atoms with van der Waals surface area (Å²) in [6, 6.07) is 7.79. The number of nitrogens with one attached hydrogen (secondary N) is 1. The fourth-order valence-electron chi connectivity index (χ4n) is 2.41. The van der Waals surface area contributed by atoms with Crippen LogP contribution in [0.15, 0.2) is 41.0 Å². The number of thiazole rings is 1. The monoisotopic (exact) mass is 370 g/mol. The summed E-state index contributed by atoms with van der Waals surface area (Å²) >= 11 is 2.73. The van der Waals surface area contributed by atoms with Crippen LogP contribution in [0.5, 0.6) is 0 Å². The second kappa shape index (κ2) is 6.41. The van der Waals surface area contributed by atoms with Crippen LogP contribution in [-0.2, 0) is 4.79 Å². The Morgan fingerprint density at radius 2 is 2.16 bits per heavy atom. The van der Waals surface area contributed by atoms with Crippen LogP contribution in [0.1, 0.15) is 12.7 Å². The van der Waals surface area contributed by atoms with Gasteiger partial charge in [-0.25, -0.2) is 15.0 Å². The summed E-state index contributed by atoms with van der Waals surface area (Å²) in [4.78, 5) is 25.6. The second-order valence-corrected chi connectivity index (χ2v) is 7.60. The molecular formula is C16H14N6OS2. The number of thioether (sulfide) groups is 1. The molecule has 25 heavy (non-hydrogen) atoms. The molecule has 1 N–H and O–H groups in total. The van der Waals surface area contributed by atoms with Crippen LogP contribution in [0, 0.1) is 6.92 Å². The molecule has 0 bridgehead atoms. The van der Waals surface area contributed by atoms with E-state index in [1.54, 1.807) is 10.7 Å². The largest absolute Gasteiger partial charge is 0.301 e. The minimum Gasteiger partial charge on any atom is -0.301 e. The normalized spacial score (nSPS) is 12.6. The fraction of sp³-hybridized carbons (Fsp3) is 0.188. The highest BCUT2D eigenvalue weighted by Crippen LogP contribution is 2.27. The molecule has 0 spiro atoms. The molecule has 7 nitrogen and oxygen atoms in total. The van der Waals surface area contributed by atoms with Gasteiger partial charge < -0.3 is 5.32 Å². The van der Waals surface area contributed by atoms with Crippen molar-refractivity contribution in [2.75, 3.05) is 5.32 Å². The Morgan fingerprint density at radius 3 is 2.96 bits per heavy atom. The summed E-state index contributed by atoms with van der Waals surface area (Å²) in [5.74, 6) is 0.541. The van der Waals surface area contributed by atoms with Gasteiger partial charge in [-0.3, -0.25) is 4.79 Å². The molecule has 4 aromatic rings. The molecular weight excluding hydrogens is 356 g/mol. The number of carbonyl (C=O) groups excluding carboxylic acids is 1. The molecule has 0 fully saturated rings. The number of aromatic nitrogens is 5. The number of benzene rings is 1. The van der Waals surface area contributed by atoms with Crippen molar-refractivity contribution in [3.63, 3.8) is 0 Å². The van der Waals surface area contributed by atoms with Gasteiger partial charge in [0.15, 0.2) is 15.9 Å². The van der Waals surface area contributed by atoms with Gasteiger partial charge in [0.25, 0.3) is 0 Å². The molecule has 3 heterocycles. The third-order valence-electron chi connectivity index (χ3n) is 3.57. The predicted molar refractivity (Wildman–Crippen MR) is 99.1 cm³/mol. The van der Waals surface area contributed by atoms with Crippen molar-refractivity contribution < 1.29 is 4.79 Å². The summed E-state index contributed by atoms with van der Waals surface area (Å²) in [6.07, 6.45) is 1.66. The average Bonchev–Trinajstić information content (AvgIpc) is 3.24. The van der Waals surface area contributed by atoms with Gasteiger partial charge in [-0.05, 0) is 26.0 Å². The lowest BCUT2D eigenvalue weighted by atomic mass is 10.2. The number of rotatable bonds is 4. The first kappa shape index (κ1) is 16.0. The van der Waals surface area contributed by atoms with Gasteiger partial charge in [-0.1, -0.05) is 23.9 Å². The van der Waals surface area contributed by atoms with E-state index in [0.29, 0.717) is 16.1 Å². The molecule has 0 aliphatic rings. The Morgan fingerprint density at radius 1 is 1.32 bits per heavy atom. The Labute approximate surface area is 151 Å². The Hall–Kier alpha value is -2.52. The number of para-hydroxylation sites is 1. The van der Waals surface area contributed by atoms with Crippen molar-refractivity contribution in [1.29, 1.82) is 0 Å². The van der Waals surface area contributed by atoms with E-state index < -0.39 is 0 Å². The molecule has 1 atom stereocenters. The van der Waals surface area contributed by atoms with Crippen LogP contribution in [0.2, 0.25) is 0 Å². The summed E-state index contributed by atoms with van der Waals surface area (Å²) in [6.45, 7) is 3.68. The number of hydrogen-bond acceptors (Lipinski definition) is 7. The lowest BCUT2D eigenvalue weighted by molar-refractivity contribution is -0.115. The smallest absolute Gasteiger partial charge is 0.239 e. The highest BCUT2D eigenvalue weighted by molar-refractivity contribution is 8.00. The number of hydrogen-bond donors (Lipinski definition) is 1. The van der Waals surface area contributed by atoms with Crippen LogP contribution in [0.25, 0.3) is 16.6 Å². The van der Waals surface area contributed by atoms with Crippen molar-refractivity contribution in [1.82, 2.24) is 24.6 Å². The third-order valence-corrected chi connectivity index (χ3v) is 5.30. The van der Waals surface area contributed by atoms with E-state index in [2.05, 4.69) is 25.4 Å². The van der Waals surface area contributed by atoms with Crippen LogP contribution < -0.4 is 5.32 Å². The maximum Gasteiger partial charge on any atom is 0.239 e. The van der Waals surface area contributed by atoms with Crippen molar-refractivity contribution in [2.24, 2.45) is 0 Å². The topological polar surface area (TPSA) is 85.1 Å². The third kappa shape index (κ3) is 3.08. The number of anilines is 1. The summed E-state index contributed by atoms with van der Waals surface area (Å²) in [5.41, 5.74) is 1.58. The number of nitrogens with zero attached hydrogens (tertiary/aromatic N) is 5. The standard InChI is InChI=1S/C16H14N6OS2/c1-9(14(23)20-15-17-7-8-24-15)25-16-19-12-6-4-3-5-11(12)13-18-10(2)21-22(13)16/h3-9H,1-2H3,(H,17,20,23). The van der Waals surface area contributed by atoms with E-state index in [-0.39, 0.29) is 11.2 Å². The maximum absolute atomic E-state index is 12.4. The van der Waals surface area contributed by atoms with E-state index in [1.807, 2.05) is 43.5 Å². The molecule has 0 aliphatic heterocycles. The van der Waals surface area contributed by atoms with E-state index in [0.717, 1.165) is 16.6 Å². The van der Waals surface area contributed by atoms with E-state index >= 15 is 0 Å². The van der Waals surface area contributed by atoms with Gasteiger partial charge in [0.2, 0.25) is 5.91 Å². The van der Waals surface area contributed by atoms with E-state index in [4.69, 9.17) is 0 Å². The van der Waals surface area contributed by atoms with Crippen molar-refractivity contribution in [3.8, 4) is 0 Å². The SMILES string of the molecule is Cc1nc2c3ccccc3nc(SC(C)C(=O)Nc3nccs3)n2n1. The van der Waals surface area contributed by atoms with Crippen LogP contribution in [0.4, 0.5) is 5.13 Å². The van der Waals surface area contributed by atoms with Gasteiger partial charge in [0.05, 0.1) is 10.8 Å². The molecule has 3 aromatic heterocycles. The first-order valence-electron chi connectivity index (χ1n) is 7.61. The van der Waals surface area contributed by atoms with Gasteiger partial charge in [-0.2, -0.15) is 4.52 Å². The zero-order chi connectivity index (χ0) is 17.4. The Bertz CT molecular complexity index is 1060. The number of aryl methyl sites for hydroxylation is 1. The molecule has 9 heteroatoms. The van der Waals surface area contributed by atoms with Gasteiger partial charge in [-0.15, -0.1) is 16.4 Å². The lowest BCUT2D eigenvalue weighted by Crippen LogP contribution is -2.22. The van der Waals surface area contributed by atoms with E-state index in [1.165, 1.54) is 23.1 Å². The predicted octanol–water partition coefficient (Wildman–Crippen LogP) is 3.16. The maximum atomic E-state index is 12.4. The average molecular weight is 370 g/mol. The lowest BCUT2D eigenvalue weighted by Gasteiger charge is -2.11. The minimum absolute atomic E-state index is 0.125. The molecule has 4 rings (SSSR count). The van der Waals surface area contributed by atoms with Crippen molar-refractivity contribution in [3.05, 3.63) is 41.7 Å². The molecule has 0 saturated carbocycles. The highest BCUT2D eigenvalue weighted by atomic mass is 32.2. The minimum atomic E-state index is -0.356. The zero-order valence-electron chi connectivity index (χ0n) is 13.5. The first-order chi connectivity index (χ1) is 12.1. The Kier molecular flexibility index (Phi) is 4.10. The van der Waals surface area contributed by atoms with Crippen molar-refractivity contribution in [2.45, 2.75) is 24.3 Å². The molecule has 1 unspecified atom stereocenters. The Balaban J connectivity index is 1.69. The summed E-state index contributed by atoms with van der Waals surface area (Å²) in [5, 5.41) is 10.9. The molecule has 0 aliphatic carbocycles. The number of amides is 1. The molecule has 126 valence electrons. The first-order valence-corrected chi connectivity index (χ1v) is 9.37. The van der Waals surface area contributed by atoms with Gasteiger partial charge in [0.1, 0.15) is 5.82 Å². The van der Waals surface area contributed by atoms with Crippen LogP contribution in [0.3, 0.4) is 0 Å². The summed E-state index contributed by atoms with van der Waals surface area (Å²) < 4.78 is 1.70. The quantitative estimate of drug-likeness (QED) is 0.439. The number of fused-ring (bicyclic) bond motifs is 3. The second-order valence-electron chi connectivity index (χ2n) is 5.39. The van der Waals surface area contributed by atoms with Gasteiger partial charge in [0, 0.05) is 17.0 Å². The number of carbonyl (C=O) groups is 1. The molecule has 0 saturated heterocycles. The van der Waals surface area contributed by atoms with E-state index in [9.17, 15) is 4.79 Å².